The number of hydrogen-bond donors (Lipinski definition) is 2. The van der Waals surface area contributed by atoms with E-state index in [0.717, 1.165) is 12.4 Å². The Bertz CT molecular complexity index is 978. The van der Waals surface area contributed by atoms with E-state index in [-0.39, 0.29) is 6.01 Å². The van der Waals surface area contributed by atoms with E-state index in [1.165, 1.54) is 7.11 Å². The van der Waals surface area contributed by atoms with E-state index in [1.807, 2.05) is 6.07 Å². The number of H-pyrrole nitrogens is 1. The molecule has 4 rings (SSSR count). The van der Waals surface area contributed by atoms with Crippen molar-refractivity contribution in [1.29, 1.82) is 0 Å². The first kappa shape index (κ1) is 19.8. The molecule has 1 aliphatic heterocycles. The summed E-state index contributed by atoms with van der Waals surface area (Å²) >= 11 is 0. The molecule has 0 radical (unpaired) electrons. The summed E-state index contributed by atoms with van der Waals surface area (Å²) in [6.45, 7) is 4.36. The number of aromatic nitrogens is 6. The number of morpholine rings is 1. The van der Waals surface area contributed by atoms with E-state index in [4.69, 9.17) is 14.2 Å². The average Bonchev–Trinajstić information content (AvgIpc) is 3.22. The third-order valence-corrected chi connectivity index (χ3v) is 4.34. The highest BCUT2D eigenvalue weighted by Gasteiger charge is 2.19. The molecule has 1 atom stereocenters. The van der Waals surface area contributed by atoms with E-state index in [1.54, 1.807) is 13.0 Å². The van der Waals surface area contributed by atoms with Gasteiger partial charge in [0.05, 0.1) is 32.7 Å². The van der Waals surface area contributed by atoms with Crippen LogP contribution in [-0.2, 0) is 4.74 Å². The van der Waals surface area contributed by atoms with E-state index in [9.17, 15) is 4.39 Å². The van der Waals surface area contributed by atoms with E-state index < -0.39 is 11.9 Å². The van der Waals surface area contributed by atoms with Gasteiger partial charge in [-0.2, -0.15) is 9.97 Å². The van der Waals surface area contributed by atoms with Gasteiger partial charge in [-0.25, -0.2) is 14.4 Å². The van der Waals surface area contributed by atoms with Gasteiger partial charge in [0.2, 0.25) is 5.88 Å². The van der Waals surface area contributed by atoms with Gasteiger partial charge in [-0.3, -0.25) is 5.10 Å². The number of anilines is 3. The minimum absolute atomic E-state index is 0.133. The molecule has 158 valence electrons. The van der Waals surface area contributed by atoms with Gasteiger partial charge in [-0.15, -0.1) is 5.10 Å². The molecule has 3 aromatic rings. The van der Waals surface area contributed by atoms with Crippen molar-refractivity contribution in [3.05, 3.63) is 36.2 Å². The first-order valence-electron chi connectivity index (χ1n) is 9.33. The maximum atomic E-state index is 13.1. The Balaban J connectivity index is 1.59. The second-order valence-electron chi connectivity index (χ2n) is 6.46. The van der Waals surface area contributed by atoms with Crippen molar-refractivity contribution >= 4 is 17.5 Å². The minimum Gasteiger partial charge on any atom is -0.480 e. The summed E-state index contributed by atoms with van der Waals surface area (Å²) in [7, 11) is 1.53. The third kappa shape index (κ3) is 4.71. The number of ether oxygens (including phenoxy) is 3. The molecular formula is C18H21FN8O3. The van der Waals surface area contributed by atoms with Crippen LogP contribution in [0, 0.1) is 5.82 Å². The lowest BCUT2D eigenvalue weighted by atomic mass is 10.3. The highest BCUT2D eigenvalue weighted by atomic mass is 19.1. The first-order chi connectivity index (χ1) is 14.6. The van der Waals surface area contributed by atoms with Crippen LogP contribution in [0.3, 0.4) is 0 Å². The van der Waals surface area contributed by atoms with Crippen LogP contribution in [0.5, 0.6) is 11.9 Å². The maximum Gasteiger partial charge on any atom is 0.321 e. The van der Waals surface area contributed by atoms with Crippen LogP contribution in [0.2, 0.25) is 0 Å². The molecule has 1 aliphatic rings. The van der Waals surface area contributed by atoms with Crippen LogP contribution in [-0.4, -0.2) is 63.5 Å². The Labute approximate surface area is 171 Å². The molecule has 1 fully saturated rings. The summed E-state index contributed by atoms with van der Waals surface area (Å²) in [5.41, 5.74) is 0. The second-order valence-corrected chi connectivity index (χ2v) is 6.46. The molecular weight excluding hydrogens is 395 g/mol. The number of methoxy groups -OCH3 is 1. The van der Waals surface area contributed by atoms with Crippen molar-refractivity contribution in [2.24, 2.45) is 0 Å². The summed E-state index contributed by atoms with van der Waals surface area (Å²) in [5, 5.41) is 9.95. The van der Waals surface area contributed by atoms with Crippen LogP contribution in [0.15, 0.2) is 24.5 Å². The molecule has 1 unspecified atom stereocenters. The molecule has 2 N–H and O–H groups in total. The summed E-state index contributed by atoms with van der Waals surface area (Å²) in [5.74, 6) is 2.03. The number of rotatable bonds is 7. The number of aromatic amines is 1. The average molecular weight is 416 g/mol. The predicted octanol–water partition coefficient (Wildman–Crippen LogP) is 1.86. The number of halogens is 1. The Morgan fingerprint density at radius 3 is 2.67 bits per heavy atom. The van der Waals surface area contributed by atoms with Gasteiger partial charge >= 0.3 is 6.01 Å². The van der Waals surface area contributed by atoms with Gasteiger partial charge in [0.1, 0.15) is 17.5 Å². The lowest BCUT2D eigenvalue weighted by Crippen LogP contribution is -2.36. The molecule has 11 nitrogen and oxygen atoms in total. The fraction of sp³-hybridized carbons (Fsp3) is 0.389. The zero-order valence-corrected chi connectivity index (χ0v) is 16.5. The molecule has 30 heavy (non-hydrogen) atoms. The van der Waals surface area contributed by atoms with Gasteiger partial charge in [0.15, 0.2) is 17.7 Å². The summed E-state index contributed by atoms with van der Waals surface area (Å²) in [4.78, 5) is 18.9. The van der Waals surface area contributed by atoms with Gasteiger partial charge in [0.25, 0.3) is 0 Å². The van der Waals surface area contributed by atoms with Crippen molar-refractivity contribution in [3.63, 3.8) is 0 Å². The minimum atomic E-state index is -0.578. The Hall–Kier alpha value is -3.54. The molecule has 1 saturated heterocycles. The van der Waals surface area contributed by atoms with Crippen molar-refractivity contribution in [1.82, 2.24) is 30.1 Å². The zero-order valence-electron chi connectivity index (χ0n) is 16.5. The molecule has 0 aliphatic carbocycles. The molecule has 0 aromatic carbocycles. The molecule has 12 heteroatoms. The Morgan fingerprint density at radius 2 is 1.97 bits per heavy atom. The van der Waals surface area contributed by atoms with Crippen molar-refractivity contribution in [3.8, 4) is 11.9 Å². The quantitative estimate of drug-likeness (QED) is 0.590. The van der Waals surface area contributed by atoms with Gasteiger partial charge < -0.3 is 24.4 Å². The number of nitrogens with zero attached hydrogens (tertiary/aromatic N) is 6. The molecule has 0 saturated carbocycles. The fourth-order valence-corrected chi connectivity index (χ4v) is 2.84. The van der Waals surface area contributed by atoms with Gasteiger partial charge in [-0.1, -0.05) is 0 Å². The van der Waals surface area contributed by atoms with Crippen LogP contribution >= 0.6 is 0 Å². The predicted molar refractivity (Wildman–Crippen MR) is 105 cm³/mol. The smallest absolute Gasteiger partial charge is 0.321 e. The van der Waals surface area contributed by atoms with Crippen molar-refractivity contribution < 1.29 is 18.6 Å². The molecule has 4 heterocycles. The lowest BCUT2D eigenvalue weighted by Gasteiger charge is -2.28. The topological polar surface area (TPSA) is 123 Å². The highest BCUT2D eigenvalue weighted by molar-refractivity contribution is 5.58. The largest absolute Gasteiger partial charge is 0.480 e. The van der Waals surface area contributed by atoms with Crippen molar-refractivity contribution in [2.75, 3.05) is 43.6 Å². The third-order valence-electron chi connectivity index (χ3n) is 4.34. The molecule has 0 amide bonds. The van der Waals surface area contributed by atoms with Gasteiger partial charge in [0, 0.05) is 25.2 Å². The summed E-state index contributed by atoms with van der Waals surface area (Å²) < 4.78 is 29.5. The molecule has 3 aromatic heterocycles. The summed E-state index contributed by atoms with van der Waals surface area (Å²) in [6, 6.07) is 3.64. The van der Waals surface area contributed by atoms with E-state index >= 15 is 0 Å². The highest BCUT2D eigenvalue weighted by Crippen LogP contribution is 2.25. The van der Waals surface area contributed by atoms with Crippen molar-refractivity contribution in [2.45, 2.75) is 13.0 Å². The van der Waals surface area contributed by atoms with Crippen LogP contribution in [0.4, 0.5) is 21.8 Å². The fourth-order valence-electron chi connectivity index (χ4n) is 2.84. The Kier molecular flexibility index (Phi) is 5.84. The standard InChI is InChI=1S/C18H21FN8O3/c1-11(17-20-9-12(19)10-21-17)30-18-23-13(22-14-8-16(28-2)26-25-14)7-15(24-18)27-3-5-29-6-4-27/h7-11H,3-6H2,1-2H3,(H2,22,23,24,25,26). The SMILES string of the molecule is COc1cc(Nc2cc(N3CCOCC3)nc(OC(C)c3ncc(F)cn3)n2)[nH]n1. The van der Waals surface area contributed by atoms with E-state index in [2.05, 4.69) is 40.3 Å². The second kappa shape index (κ2) is 8.86. The first-order valence-corrected chi connectivity index (χ1v) is 9.33. The monoisotopic (exact) mass is 416 g/mol. The number of nitrogens with one attached hydrogen (secondary N) is 2. The normalized spacial score (nSPS) is 15.0. The van der Waals surface area contributed by atoms with Crippen LogP contribution in [0.1, 0.15) is 18.9 Å². The zero-order chi connectivity index (χ0) is 20.9. The molecule has 0 bridgehead atoms. The molecule has 0 spiro atoms. The van der Waals surface area contributed by atoms with Crippen LogP contribution < -0.4 is 19.7 Å². The van der Waals surface area contributed by atoms with Crippen LogP contribution in [0.25, 0.3) is 0 Å². The van der Waals surface area contributed by atoms with Gasteiger partial charge in [-0.05, 0) is 6.92 Å². The lowest BCUT2D eigenvalue weighted by molar-refractivity contribution is 0.122. The van der Waals surface area contributed by atoms with E-state index in [0.29, 0.717) is 55.5 Å². The Morgan fingerprint density at radius 1 is 1.20 bits per heavy atom. The summed E-state index contributed by atoms with van der Waals surface area (Å²) in [6.07, 6.45) is 1.60. The maximum absolute atomic E-state index is 13.1. The number of hydrogen-bond acceptors (Lipinski definition) is 10.